The van der Waals surface area contributed by atoms with E-state index < -0.39 is 0 Å². The maximum absolute atomic E-state index is 11.8. The van der Waals surface area contributed by atoms with Crippen LogP contribution in [0.15, 0.2) is 28.7 Å². The van der Waals surface area contributed by atoms with E-state index >= 15 is 0 Å². The smallest absolute Gasteiger partial charge is 0.328 e. The molecule has 1 aromatic heterocycles. The molecule has 3 rings (SSSR count). The van der Waals surface area contributed by atoms with Crippen LogP contribution in [0.5, 0.6) is 0 Å². The molecule has 1 aliphatic heterocycles. The number of methoxy groups -OCH3 is 1. The summed E-state index contributed by atoms with van der Waals surface area (Å²) in [6.07, 6.45) is 2.84. The molecule has 0 radical (unpaired) electrons. The Hall–Kier alpha value is -2.04. The lowest BCUT2D eigenvalue weighted by atomic mass is 10.0. The minimum absolute atomic E-state index is 0.220. The number of hydrogen-bond acceptors (Lipinski definition) is 5. The van der Waals surface area contributed by atoms with Crippen LogP contribution in [0, 0.1) is 0 Å². The molecule has 1 atom stereocenters. The van der Waals surface area contributed by atoms with Gasteiger partial charge in [0.15, 0.2) is 5.58 Å². The second-order valence-electron chi connectivity index (χ2n) is 4.69. The highest BCUT2D eigenvalue weighted by molar-refractivity contribution is 5.80. The fraction of sp³-hybridized carbons (Fsp3) is 0.429. The molecule has 2 aromatic rings. The van der Waals surface area contributed by atoms with Gasteiger partial charge in [0.25, 0.3) is 6.01 Å². The van der Waals surface area contributed by atoms with Crippen LogP contribution < -0.4 is 4.90 Å². The number of rotatable bonds is 2. The molecule has 5 nitrogen and oxygen atoms in total. The average molecular weight is 260 g/mol. The Morgan fingerprint density at radius 1 is 1.42 bits per heavy atom. The van der Waals surface area contributed by atoms with Gasteiger partial charge in [-0.2, -0.15) is 4.98 Å². The van der Waals surface area contributed by atoms with E-state index in [1.165, 1.54) is 7.11 Å². The van der Waals surface area contributed by atoms with Crippen molar-refractivity contribution in [3.8, 4) is 0 Å². The van der Waals surface area contributed by atoms with Crippen LogP contribution in [-0.4, -0.2) is 30.6 Å². The molecule has 5 heteroatoms. The number of fused-ring (bicyclic) bond motifs is 1. The van der Waals surface area contributed by atoms with E-state index in [0.717, 1.165) is 36.9 Å². The molecule has 2 heterocycles. The third kappa shape index (κ3) is 2.16. The molecule has 19 heavy (non-hydrogen) atoms. The van der Waals surface area contributed by atoms with Crippen molar-refractivity contribution in [3.63, 3.8) is 0 Å². The first-order valence-electron chi connectivity index (χ1n) is 6.49. The molecule has 1 aliphatic rings. The highest BCUT2D eigenvalue weighted by Gasteiger charge is 2.32. The lowest BCUT2D eigenvalue weighted by molar-refractivity contribution is -0.142. The minimum atomic E-state index is -0.285. The Kier molecular flexibility index (Phi) is 3.11. The van der Waals surface area contributed by atoms with Gasteiger partial charge in [-0.3, -0.25) is 0 Å². The van der Waals surface area contributed by atoms with Crippen molar-refractivity contribution in [1.29, 1.82) is 0 Å². The average Bonchev–Trinajstić information content (AvgIpc) is 2.90. The van der Waals surface area contributed by atoms with E-state index in [0.29, 0.717) is 6.01 Å². The van der Waals surface area contributed by atoms with Crippen molar-refractivity contribution >= 4 is 23.1 Å². The van der Waals surface area contributed by atoms with Gasteiger partial charge in [0.1, 0.15) is 11.6 Å². The highest BCUT2D eigenvalue weighted by atomic mass is 16.5. The molecule has 100 valence electrons. The van der Waals surface area contributed by atoms with E-state index in [2.05, 4.69) is 4.98 Å². The second kappa shape index (κ2) is 4.91. The summed E-state index contributed by atoms with van der Waals surface area (Å²) >= 11 is 0. The van der Waals surface area contributed by atoms with Crippen LogP contribution in [-0.2, 0) is 9.53 Å². The fourth-order valence-corrected chi connectivity index (χ4v) is 2.52. The number of aromatic nitrogens is 1. The summed E-state index contributed by atoms with van der Waals surface area (Å²) in [5.74, 6) is -0.220. The van der Waals surface area contributed by atoms with Gasteiger partial charge in [0.05, 0.1) is 7.11 Å². The summed E-state index contributed by atoms with van der Waals surface area (Å²) in [6, 6.07) is 7.83. The maximum atomic E-state index is 11.8. The number of esters is 1. The zero-order valence-electron chi connectivity index (χ0n) is 10.8. The van der Waals surface area contributed by atoms with E-state index in [4.69, 9.17) is 9.15 Å². The number of benzene rings is 1. The van der Waals surface area contributed by atoms with E-state index in [-0.39, 0.29) is 12.0 Å². The molecule has 1 fully saturated rings. The first-order chi connectivity index (χ1) is 9.29. The zero-order chi connectivity index (χ0) is 13.2. The summed E-state index contributed by atoms with van der Waals surface area (Å²) < 4.78 is 10.6. The molecule has 0 bridgehead atoms. The van der Waals surface area contributed by atoms with Crippen molar-refractivity contribution in [1.82, 2.24) is 4.98 Å². The second-order valence-corrected chi connectivity index (χ2v) is 4.69. The fourth-order valence-electron chi connectivity index (χ4n) is 2.52. The molecule has 0 unspecified atom stereocenters. The number of carbonyl (C=O) groups excluding carboxylic acids is 1. The van der Waals surface area contributed by atoms with E-state index in [9.17, 15) is 4.79 Å². The number of ether oxygens (including phenoxy) is 1. The predicted octanol–water partition coefficient (Wildman–Crippen LogP) is 2.36. The van der Waals surface area contributed by atoms with Gasteiger partial charge < -0.3 is 14.1 Å². The van der Waals surface area contributed by atoms with Crippen LogP contribution in [0.2, 0.25) is 0 Å². The topological polar surface area (TPSA) is 55.6 Å². The molecular formula is C14H16N2O3. The normalized spacial score (nSPS) is 19.6. The van der Waals surface area contributed by atoms with Crippen molar-refractivity contribution in [2.45, 2.75) is 25.3 Å². The summed E-state index contributed by atoms with van der Waals surface area (Å²) in [5, 5.41) is 0. The number of nitrogens with zero attached hydrogens (tertiary/aromatic N) is 2. The summed E-state index contributed by atoms with van der Waals surface area (Å²) in [7, 11) is 1.42. The van der Waals surface area contributed by atoms with Crippen LogP contribution in [0.3, 0.4) is 0 Å². The van der Waals surface area contributed by atoms with E-state index in [1.54, 1.807) is 0 Å². The van der Waals surface area contributed by atoms with Crippen molar-refractivity contribution in [2.24, 2.45) is 0 Å². The van der Waals surface area contributed by atoms with Crippen LogP contribution >= 0.6 is 0 Å². The first-order valence-corrected chi connectivity index (χ1v) is 6.49. The SMILES string of the molecule is COC(=O)[C@@H]1CCCCN1c1nc2ccccc2o1. The Morgan fingerprint density at radius 2 is 2.26 bits per heavy atom. The lowest BCUT2D eigenvalue weighted by Crippen LogP contribution is -2.45. The number of para-hydroxylation sites is 2. The van der Waals surface area contributed by atoms with Gasteiger partial charge in [-0.25, -0.2) is 4.79 Å². The van der Waals surface area contributed by atoms with Crippen molar-refractivity contribution < 1.29 is 13.9 Å². The third-order valence-electron chi connectivity index (χ3n) is 3.50. The standard InChI is InChI=1S/C14H16N2O3/c1-18-13(17)11-7-4-5-9-16(11)14-15-10-6-2-3-8-12(10)19-14/h2-3,6,8,11H,4-5,7,9H2,1H3/t11-/m0/s1. The van der Waals surface area contributed by atoms with Gasteiger partial charge in [-0.1, -0.05) is 12.1 Å². The van der Waals surface area contributed by atoms with Gasteiger partial charge in [-0.05, 0) is 31.4 Å². The molecule has 0 N–H and O–H groups in total. The van der Waals surface area contributed by atoms with Gasteiger partial charge in [0, 0.05) is 6.54 Å². The Labute approximate surface area is 111 Å². The molecule has 1 aromatic carbocycles. The monoisotopic (exact) mass is 260 g/mol. The van der Waals surface area contributed by atoms with Crippen molar-refractivity contribution in [2.75, 3.05) is 18.6 Å². The molecule has 0 saturated carbocycles. The van der Waals surface area contributed by atoms with Gasteiger partial charge >= 0.3 is 5.97 Å². The molecule has 0 aliphatic carbocycles. The number of anilines is 1. The Balaban J connectivity index is 1.95. The van der Waals surface area contributed by atoms with Gasteiger partial charge in [0.2, 0.25) is 0 Å². The van der Waals surface area contributed by atoms with E-state index in [1.807, 2.05) is 29.2 Å². The predicted molar refractivity (Wildman–Crippen MR) is 71.0 cm³/mol. The number of piperidine rings is 1. The number of hydrogen-bond donors (Lipinski definition) is 0. The maximum Gasteiger partial charge on any atom is 0.328 e. The number of carbonyl (C=O) groups is 1. The minimum Gasteiger partial charge on any atom is -0.467 e. The quantitative estimate of drug-likeness (QED) is 0.776. The van der Waals surface area contributed by atoms with Crippen LogP contribution in [0.25, 0.3) is 11.1 Å². The summed E-state index contributed by atoms with van der Waals surface area (Å²) in [5.41, 5.74) is 1.55. The van der Waals surface area contributed by atoms with Gasteiger partial charge in [-0.15, -0.1) is 0 Å². The van der Waals surface area contributed by atoms with Crippen molar-refractivity contribution in [3.05, 3.63) is 24.3 Å². The Morgan fingerprint density at radius 3 is 3.05 bits per heavy atom. The summed E-state index contributed by atoms with van der Waals surface area (Å²) in [4.78, 5) is 18.2. The van der Waals surface area contributed by atoms with Crippen LogP contribution in [0.1, 0.15) is 19.3 Å². The molecule has 1 saturated heterocycles. The molecule has 0 amide bonds. The highest BCUT2D eigenvalue weighted by Crippen LogP contribution is 2.28. The van der Waals surface area contributed by atoms with Crippen LogP contribution in [0.4, 0.5) is 6.01 Å². The molecule has 0 spiro atoms. The largest absolute Gasteiger partial charge is 0.467 e. The Bertz CT molecular complexity index is 560. The first kappa shape index (κ1) is 12.0. The molecular weight excluding hydrogens is 244 g/mol. The third-order valence-corrected chi connectivity index (χ3v) is 3.50. The zero-order valence-corrected chi connectivity index (χ0v) is 10.8. The lowest BCUT2D eigenvalue weighted by Gasteiger charge is -2.32. The number of oxazole rings is 1. The summed E-state index contributed by atoms with van der Waals surface area (Å²) in [6.45, 7) is 0.770.